The summed E-state index contributed by atoms with van der Waals surface area (Å²) in [4.78, 5) is 24.8. The zero-order chi connectivity index (χ0) is 20.6. The third-order valence-corrected chi connectivity index (χ3v) is 4.50. The number of rotatable bonds is 8. The first-order valence-corrected chi connectivity index (χ1v) is 9.67. The molecule has 0 amide bonds. The molecule has 4 rings (SSSR count). The van der Waals surface area contributed by atoms with Gasteiger partial charge in [-0.2, -0.15) is 15.0 Å². The Balaban J connectivity index is 1.61. The second-order valence-corrected chi connectivity index (χ2v) is 6.73. The molecule has 30 heavy (non-hydrogen) atoms. The molecule has 0 saturated carbocycles. The number of carbonyl (C=O) groups is 1. The van der Waals surface area contributed by atoms with Gasteiger partial charge in [-0.25, -0.2) is 0 Å². The highest BCUT2D eigenvalue weighted by molar-refractivity contribution is 5.77. The van der Waals surface area contributed by atoms with E-state index in [0.29, 0.717) is 36.4 Å². The maximum Gasteiger partial charge on any atom is 0.228 e. The molecule has 0 saturated heterocycles. The minimum absolute atomic E-state index is 0.468. The van der Waals surface area contributed by atoms with Gasteiger partial charge < -0.3 is 10.6 Å². The summed E-state index contributed by atoms with van der Waals surface area (Å²) in [7, 11) is 0. The standard InChI is InChI=1S/C24H21N5O/c30-17-20-12-7-13-21(14-20)22-27-23(25-15-18-8-3-1-4-9-18)29-24(28-22)26-16-19-10-5-2-6-11-19/h1-14,17H,15-16H2,(H2,25,26,27,28,29). The van der Waals surface area contributed by atoms with Gasteiger partial charge in [0.25, 0.3) is 0 Å². The Morgan fingerprint density at radius 3 is 1.77 bits per heavy atom. The van der Waals surface area contributed by atoms with Crippen molar-refractivity contribution in [2.75, 3.05) is 10.6 Å². The van der Waals surface area contributed by atoms with Gasteiger partial charge in [-0.05, 0) is 17.2 Å². The Morgan fingerprint density at radius 1 is 0.667 bits per heavy atom. The Kier molecular flexibility index (Phi) is 6.05. The first-order valence-electron chi connectivity index (χ1n) is 9.67. The van der Waals surface area contributed by atoms with E-state index in [1.807, 2.05) is 72.8 Å². The van der Waals surface area contributed by atoms with Crippen LogP contribution in [0, 0.1) is 0 Å². The van der Waals surface area contributed by atoms with Crippen LogP contribution in [-0.4, -0.2) is 21.2 Å². The van der Waals surface area contributed by atoms with Crippen LogP contribution in [0.15, 0.2) is 84.9 Å². The van der Waals surface area contributed by atoms with Crippen molar-refractivity contribution in [1.82, 2.24) is 15.0 Å². The lowest BCUT2D eigenvalue weighted by molar-refractivity contribution is 0.112. The molecule has 0 fully saturated rings. The van der Waals surface area contributed by atoms with Crippen LogP contribution in [0.4, 0.5) is 11.9 Å². The van der Waals surface area contributed by atoms with E-state index < -0.39 is 0 Å². The van der Waals surface area contributed by atoms with Crippen LogP contribution in [0.25, 0.3) is 11.4 Å². The molecule has 0 atom stereocenters. The Labute approximate surface area is 175 Å². The lowest BCUT2D eigenvalue weighted by atomic mass is 10.1. The molecule has 0 aliphatic rings. The average Bonchev–Trinajstić information content (AvgIpc) is 2.83. The largest absolute Gasteiger partial charge is 0.350 e. The second kappa shape index (κ2) is 9.43. The molecular formula is C24H21N5O. The van der Waals surface area contributed by atoms with Gasteiger partial charge in [0.05, 0.1) is 0 Å². The highest BCUT2D eigenvalue weighted by atomic mass is 16.1. The van der Waals surface area contributed by atoms with Crippen molar-refractivity contribution in [3.63, 3.8) is 0 Å². The smallest absolute Gasteiger partial charge is 0.228 e. The van der Waals surface area contributed by atoms with Crippen LogP contribution in [-0.2, 0) is 13.1 Å². The average molecular weight is 395 g/mol. The predicted molar refractivity (Wildman–Crippen MR) is 118 cm³/mol. The van der Waals surface area contributed by atoms with Crippen molar-refractivity contribution in [3.05, 3.63) is 102 Å². The number of benzene rings is 3. The minimum atomic E-state index is 0.468. The lowest BCUT2D eigenvalue weighted by Crippen LogP contribution is -2.10. The molecule has 0 radical (unpaired) electrons. The molecule has 6 nitrogen and oxygen atoms in total. The molecule has 0 spiro atoms. The second-order valence-electron chi connectivity index (χ2n) is 6.73. The Hall–Kier alpha value is -4.06. The highest BCUT2D eigenvalue weighted by Crippen LogP contribution is 2.19. The van der Waals surface area contributed by atoms with Gasteiger partial charge >= 0.3 is 0 Å². The number of anilines is 2. The topological polar surface area (TPSA) is 79.8 Å². The monoisotopic (exact) mass is 395 g/mol. The summed E-state index contributed by atoms with van der Waals surface area (Å²) in [5, 5.41) is 6.53. The molecule has 2 N–H and O–H groups in total. The molecule has 6 heteroatoms. The quantitative estimate of drug-likeness (QED) is 0.425. The highest BCUT2D eigenvalue weighted by Gasteiger charge is 2.10. The fourth-order valence-corrected chi connectivity index (χ4v) is 2.97. The summed E-state index contributed by atoms with van der Waals surface area (Å²) >= 11 is 0. The number of hydrogen-bond acceptors (Lipinski definition) is 6. The zero-order valence-corrected chi connectivity index (χ0v) is 16.3. The van der Waals surface area contributed by atoms with Gasteiger partial charge in [0.15, 0.2) is 5.82 Å². The summed E-state index contributed by atoms with van der Waals surface area (Å²) in [5.41, 5.74) is 3.58. The third-order valence-electron chi connectivity index (χ3n) is 4.50. The summed E-state index contributed by atoms with van der Waals surface area (Å²) < 4.78 is 0. The van der Waals surface area contributed by atoms with Crippen molar-refractivity contribution in [2.45, 2.75) is 13.1 Å². The van der Waals surface area contributed by atoms with Crippen LogP contribution in [0.1, 0.15) is 21.5 Å². The third kappa shape index (κ3) is 5.05. The van der Waals surface area contributed by atoms with Crippen molar-refractivity contribution in [2.24, 2.45) is 0 Å². The van der Waals surface area contributed by atoms with E-state index >= 15 is 0 Å². The normalized spacial score (nSPS) is 10.4. The van der Waals surface area contributed by atoms with Gasteiger partial charge in [-0.1, -0.05) is 78.9 Å². The minimum Gasteiger partial charge on any atom is -0.350 e. The lowest BCUT2D eigenvalue weighted by Gasteiger charge is -2.11. The molecule has 1 heterocycles. The molecule has 0 bridgehead atoms. The summed E-state index contributed by atoms with van der Waals surface area (Å²) in [6, 6.07) is 27.3. The van der Waals surface area contributed by atoms with E-state index in [-0.39, 0.29) is 0 Å². The van der Waals surface area contributed by atoms with Crippen molar-refractivity contribution in [3.8, 4) is 11.4 Å². The maximum atomic E-state index is 11.2. The van der Waals surface area contributed by atoms with Crippen LogP contribution in [0.5, 0.6) is 0 Å². The summed E-state index contributed by atoms with van der Waals surface area (Å²) in [6.45, 7) is 1.19. The van der Waals surface area contributed by atoms with E-state index in [1.165, 1.54) is 0 Å². The number of nitrogens with one attached hydrogen (secondary N) is 2. The van der Waals surface area contributed by atoms with Crippen LogP contribution in [0.2, 0.25) is 0 Å². The molecule has 1 aromatic heterocycles. The van der Waals surface area contributed by atoms with Crippen LogP contribution >= 0.6 is 0 Å². The number of nitrogens with zero attached hydrogens (tertiary/aromatic N) is 3. The van der Waals surface area contributed by atoms with Crippen LogP contribution < -0.4 is 10.6 Å². The van der Waals surface area contributed by atoms with E-state index in [1.54, 1.807) is 12.1 Å². The zero-order valence-electron chi connectivity index (χ0n) is 16.3. The van der Waals surface area contributed by atoms with E-state index in [0.717, 1.165) is 23.0 Å². The van der Waals surface area contributed by atoms with E-state index in [2.05, 4.69) is 25.6 Å². The van der Waals surface area contributed by atoms with Crippen molar-refractivity contribution >= 4 is 18.2 Å². The van der Waals surface area contributed by atoms with Gasteiger partial charge in [0.1, 0.15) is 6.29 Å². The van der Waals surface area contributed by atoms with Gasteiger partial charge in [-0.3, -0.25) is 4.79 Å². The van der Waals surface area contributed by atoms with Crippen LogP contribution in [0.3, 0.4) is 0 Å². The summed E-state index contributed by atoms with van der Waals surface area (Å²) in [5.74, 6) is 1.44. The number of aromatic nitrogens is 3. The molecular weight excluding hydrogens is 374 g/mol. The fourth-order valence-electron chi connectivity index (χ4n) is 2.97. The number of hydrogen-bond donors (Lipinski definition) is 2. The number of aldehydes is 1. The Morgan fingerprint density at radius 2 is 1.23 bits per heavy atom. The Bertz CT molecular complexity index is 1060. The molecule has 148 valence electrons. The maximum absolute atomic E-state index is 11.2. The molecule has 3 aromatic carbocycles. The van der Waals surface area contributed by atoms with Crippen molar-refractivity contribution < 1.29 is 4.79 Å². The molecule has 0 aliphatic heterocycles. The van der Waals surface area contributed by atoms with Gasteiger partial charge in [-0.15, -0.1) is 0 Å². The summed E-state index contributed by atoms with van der Waals surface area (Å²) in [6.07, 6.45) is 0.813. The molecule has 0 aliphatic carbocycles. The fraction of sp³-hybridized carbons (Fsp3) is 0.0833. The first kappa shape index (κ1) is 19.3. The SMILES string of the molecule is O=Cc1cccc(-c2nc(NCc3ccccc3)nc(NCc3ccccc3)n2)c1. The number of carbonyl (C=O) groups excluding carboxylic acids is 1. The van der Waals surface area contributed by atoms with Crippen molar-refractivity contribution in [1.29, 1.82) is 0 Å². The van der Waals surface area contributed by atoms with Gasteiger partial charge in [0.2, 0.25) is 11.9 Å². The predicted octanol–water partition coefficient (Wildman–Crippen LogP) is 4.58. The first-order chi connectivity index (χ1) is 14.8. The van der Waals surface area contributed by atoms with Gasteiger partial charge in [0, 0.05) is 24.2 Å². The molecule has 4 aromatic rings. The molecule has 0 unspecified atom stereocenters. The van der Waals surface area contributed by atoms with E-state index in [9.17, 15) is 4.79 Å². The van der Waals surface area contributed by atoms with E-state index in [4.69, 9.17) is 0 Å².